The lowest BCUT2D eigenvalue weighted by molar-refractivity contribution is 0.637. The van der Waals surface area contributed by atoms with Gasteiger partial charge in [0.05, 0.1) is 9.22 Å². The van der Waals surface area contributed by atoms with Crippen molar-refractivity contribution in [3.8, 4) is 0 Å². The van der Waals surface area contributed by atoms with Gasteiger partial charge in [0.15, 0.2) is 0 Å². The maximum Gasteiger partial charge on any atom is 0.147 e. The molecule has 0 spiro atoms. The largest absolute Gasteiger partial charge is 0.348 e. The van der Waals surface area contributed by atoms with Gasteiger partial charge in [0.25, 0.3) is 0 Å². The number of rotatable bonds is 0. The molecule has 2 aromatic rings. The average Bonchev–Trinajstić information content (AvgIpc) is 2.31. The molecule has 1 heterocycles. The van der Waals surface area contributed by atoms with Crippen LogP contribution in [-0.2, 0) is 0 Å². The van der Waals surface area contributed by atoms with Gasteiger partial charge in [-0.15, -0.1) is 0 Å². The van der Waals surface area contributed by atoms with Crippen molar-refractivity contribution in [3.05, 3.63) is 33.8 Å². The van der Waals surface area contributed by atoms with Crippen LogP contribution in [0.4, 0.5) is 4.39 Å². The van der Waals surface area contributed by atoms with Crippen molar-refractivity contribution in [2.45, 2.75) is 0 Å². The molecule has 1 nitrogen and oxygen atoms in total. The van der Waals surface area contributed by atoms with Crippen LogP contribution < -0.4 is 0 Å². The first-order valence-electron chi connectivity index (χ1n) is 3.20. The van der Waals surface area contributed by atoms with Gasteiger partial charge in [-0.05, 0) is 34.7 Å². The number of aromatic amines is 1. The first-order chi connectivity index (χ1) is 5.27. The van der Waals surface area contributed by atoms with E-state index in [0.29, 0.717) is 5.52 Å². The van der Waals surface area contributed by atoms with Crippen molar-refractivity contribution in [1.29, 1.82) is 0 Å². The zero-order chi connectivity index (χ0) is 7.84. The van der Waals surface area contributed by atoms with Crippen LogP contribution in [-0.4, -0.2) is 4.98 Å². The van der Waals surface area contributed by atoms with Crippen LogP contribution in [0.5, 0.6) is 0 Å². The highest BCUT2D eigenvalue weighted by atomic mass is 127. The first kappa shape index (κ1) is 7.09. The summed E-state index contributed by atoms with van der Waals surface area (Å²) in [5.41, 5.74) is 0.594. The van der Waals surface area contributed by atoms with E-state index in [1.54, 1.807) is 6.07 Å². The maximum absolute atomic E-state index is 13.0. The molecule has 1 aromatic carbocycles. The molecule has 0 amide bonds. The van der Waals surface area contributed by atoms with Gasteiger partial charge in [-0.3, -0.25) is 0 Å². The molecule has 0 bridgehead atoms. The second kappa shape index (κ2) is 2.48. The Bertz CT molecular complexity index is 394. The highest BCUT2D eigenvalue weighted by molar-refractivity contribution is 14.1. The van der Waals surface area contributed by atoms with Gasteiger partial charge in [-0.25, -0.2) is 4.39 Å². The lowest BCUT2D eigenvalue weighted by atomic mass is 10.2. The van der Waals surface area contributed by atoms with E-state index in [-0.39, 0.29) is 5.82 Å². The molecular formula is C8H5FIN. The van der Waals surface area contributed by atoms with E-state index in [1.807, 2.05) is 12.1 Å². The van der Waals surface area contributed by atoms with Gasteiger partial charge < -0.3 is 4.98 Å². The molecular weight excluding hydrogens is 256 g/mol. The number of H-pyrrole nitrogens is 1. The summed E-state index contributed by atoms with van der Waals surface area (Å²) in [6, 6.07) is 6.96. The molecule has 0 unspecified atom stereocenters. The quantitative estimate of drug-likeness (QED) is 0.702. The maximum atomic E-state index is 13.0. The SMILES string of the molecule is Fc1cccc2cc(I)[nH]c12. The lowest BCUT2D eigenvalue weighted by Crippen LogP contribution is -1.75. The molecule has 56 valence electrons. The molecule has 0 atom stereocenters. The van der Waals surface area contributed by atoms with Crippen molar-refractivity contribution < 1.29 is 4.39 Å². The third-order valence-electron chi connectivity index (χ3n) is 1.57. The Morgan fingerprint density at radius 2 is 2.18 bits per heavy atom. The standard InChI is InChI=1S/C8H5FIN/c9-6-3-1-2-5-4-7(10)11-8(5)6/h1-4,11H. The van der Waals surface area contributed by atoms with Crippen LogP contribution in [0.2, 0.25) is 0 Å². The Kier molecular flexibility index (Phi) is 1.60. The third-order valence-corrected chi connectivity index (χ3v) is 2.15. The molecule has 0 fully saturated rings. The van der Waals surface area contributed by atoms with E-state index in [9.17, 15) is 4.39 Å². The molecule has 1 N–H and O–H groups in total. The van der Waals surface area contributed by atoms with Gasteiger partial charge in [0, 0.05) is 5.39 Å². The Morgan fingerprint density at radius 1 is 1.36 bits per heavy atom. The molecule has 0 aliphatic carbocycles. The molecule has 3 heteroatoms. The molecule has 0 saturated heterocycles. The van der Waals surface area contributed by atoms with Crippen LogP contribution in [0, 0.1) is 9.52 Å². The number of para-hydroxylation sites is 1. The fourth-order valence-corrected chi connectivity index (χ4v) is 1.69. The van der Waals surface area contributed by atoms with Crippen LogP contribution in [0.1, 0.15) is 0 Å². The van der Waals surface area contributed by atoms with E-state index in [4.69, 9.17) is 0 Å². The minimum Gasteiger partial charge on any atom is -0.348 e. The summed E-state index contributed by atoms with van der Waals surface area (Å²) in [5, 5.41) is 0.925. The van der Waals surface area contributed by atoms with Crippen LogP contribution >= 0.6 is 22.6 Å². The number of benzene rings is 1. The zero-order valence-electron chi connectivity index (χ0n) is 5.57. The summed E-state index contributed by atoms with van der Waals surface area (Å²) in [4.78, 5) is 2.94. The molecule has 0 aliphatic heterocycles. The number of nitrogens with one attached hydrogen (secondary N) is 1. The van der Waals surface area contributed by atoms with Gasteiger partial charge in [-0.1, -0.05) is 12.1 Å². The van der Waals surface area contributed by atoms with Crippen LogP contribution in [0.15, 0.2) is 24.3 Å². The van der Waals surface area contributed by atoms with Gasteiger partial charge in [0.1, 0.15) is 5.82 Å². The topological polar surface area (TPSA) is 15.8 Å². The predicted molar refractivity (Wildman–Crippen MR) is 51.0 cm³/mol. The van der Waals surface area contributed by atoms with E-state index >= 15 is 0 Å². The molecule has 0 saturated carbocycles. The molecule has 0 radical (unpaired) electrons. The van der Waals surface area contributed by atoms with Crippen molar-refractivity contribution in [1.82, 2.24) is 4.98 Å². The predicted octanol–water partition coefficient (Wildman–Crippen LogP) is 2.91. The molecule has 11 heavy (non-hydrogen) atoms. The Hall–Kier alpha value is -0.580. The molecule has 0 aliphatic rings. The third kappa shape index (κ3) is 1.13. The molecule has 1 aromatic heterocycles. The normalized spacial score (nSPS) is 10.7. The summed E-state index contributed by atoms with van der Waals surface area (Å²) in [6.07, 6.45) is 0. The summed E-state index contributed by atoms with van der Waals surface area (Å²) < 4.78 is 13.9. The van der Waals surface area contributed by atoms with E-state index in [2.05, 4.69) is 27.6 Å². The van der Waals surface area contributed by atoms with Crippen molar-refractivity contribution in [2.24, 2.45) is 0 Å². The Morgan fingerprint density at radius 3 is 2.91 bits per heavy atom. The Labute approximate surface area is 76.7 Å². The summed E-state index contributed by atoms with van der Waals surface area (Å²) in [7, 11) is 0. The van der Waals surface area contributed by atoms with Gasteiger partial charge in [-0.2, -0.15) is 0 Å². The van der Waals surface area contributed by atoms with Crippen molar-refractivity contribution in [2.75, 3.05) is 0 Å². The Balaban J connectivity index is 2.90. The number of fused-ring (bicyclic) bond motifs is 1. The van der Waals surface area contributed by atoms with Crippen molar-refractivity contribution >= 4 is 33.5 Å². The lowest BCUT2D eigenvalue weighted by Gasteiger charge is -1.88. The van der Waals surface area contributed by atoms with Crippen molar-refractivity contribution in [3.63, 3.8) is 0 Å². The number of hydrogen-bond acceptors (Lipinski definition) is 0. The molecule has 2 rings (SSSR count). The summed E-state index contributed by atoms with van der Waals surface area (Å²) in [5.74, 6) is -0.189. The second-order valence-electron chi connectivity index (χ2n) is 2.32. The smallest absolute Gasteiger partial charge is 0.147 e. The minimum absolute atomic E-state index is 0.189. The summed E-state index contributed by atoms with van der Waals surface area (Å²) >= 11 is 2.13. The minimum atomic E-state index is -0.189. The first-order valence-corrected chi connectivity index (χ1v) is 4.28. The van der Waals surface area contributed by atoms with E-state index in [0.717, 1.165) is 9.09 Å². The van der Waals surface area contributed by atoms with Gasteiger partial charge in [0.2, 0.25) is 0 Å². The van der Waals surface area contributed by atoms with E-state index in [1.165, 1.54) is 6.07 Å². The highest BCUT2D eigenvalue weighted by Gasteiger charge is 2.01. The average molecular weight is 261 g/mol. The monoisotopic (exact) mass is 261 g/mol. The fourth-order valence-electron chi connectivity index (χ4n) is 1.08. The number of hydrogen-bond donors (Lipinski definition) is 1. The number of halogens is 2. The summed E-state index contributed by atoms with van der Waals surface area (Å²) in [6.45, 7) is 0. The van der Waals surface area contributed by atoms with Crippen LogP contribution in [0.3, 0.4) is 0 Å². The number of aromatic nitrogens is 1. The zero-order valence-corrected chi connectivity index (χ0v) is 7.72. The van der Waals surface area contributed by atoms with Gasteiger partial charge >= 0.3 is 0 Å². The van der Waals surface area contributed by atoms with Crippen LogP contribution in [0.25, 0.3) is 10.9 Å². The highest BCUT2D eigenvalue weighted by Crippen LogP contribution is 2.18. The van der Waals surface area contributed by atoms with E-state index < -0.39 is 0 Å². The fraction of sp³-hybridized carbons (Fsp3) is 0. The second-order valence-corrected chi connectivity index (χ2v) is 3.48.